The molecule has 0 bridgehead atoms. The van der Waals surface area contributed by atoms with Crippen molar-refractivity contribution >= 4 is 17.7 Å². The molecule has 0 saturated carbocycles. The molecule has 0 radical (unpaired) electrons. The molecule has 29 heavy (non-hydrogen) atoms. The van der Waals surface area contributed by atoms with Crippen LogP contribution in [0.5, 0.6) is 0 Å². The molecule has 2 saturated heterocycles. The maximum absolute atomic E-state index is 12.7. The second kappa shape index (κ2) is 10.4. The Morgan fingerprint density at radius 2 is 1.76 bits per heavy atom. The standard InChI is InChI=1S/C21H31N5O3/c22-14-19(27)24-17-13-18(23-15-17)21(29)26-11-9-25(10-12-26)20(28)8-4-7-16-5-2-1-3-6-16/h1-3,5-6,17-18,23H,4,7-15,22H2,(H,24,27)/t17?,18-/m1/s1. The molecule has 2 heterocycles. The summed E-state index contributed by atoms with van der Waals surface area (Å²) in [5.74, 6) is 0.00606. The maximum Gasteiger partial charge on any atom is 0.239 e. The zero-order valence-electron chi connectivity index (χ0n) is 16.8. The number of carbonyl (C=O) groups is 3. The molecule has 1 unspecified atom stereocenters. The second-order valence-electron chi connectivity index (χ2n) is 7.71. The minimum atomic E-state index is -0.286. The second-order valence-corrected chi connectivity index (χ2v) is 7.71. The van der Waals surface area contributed by atoms with E-state index < -0.39 is 0 Å². The highest BCUT2D eigenvalue weighted by molar-refractivity contribution is 5.83. The zero-order chi connectivity index (χ0) is 20.6. The first-order chi connectivity index (χ1) is 14.1. The molecule has 8 nitrogen and oxygen atoms in total. The predicted molar refractivity (Wildman–Crippen MR) is 110 cm³/mol. The summed E-state index contributed by atoms with van der Waals surface area (Å²) in [4.78, 5) is 40.3. The summed E-state index contributed by atoms with van der Waals surface area (Å²) in [5, 5.41) is 6.00. The molecule has 3 rings (SSSR count). The third-order valence-corrected chi connectivity index (χ3v) is 5.62. The maximum atomic E-state index is 12.7. The first-order valence-electron chi connectivity index (χ1n) is 10.4. The molecule has 158 valence electrons. The SMILES string of the molecule is NCC(=O)NC1CN[C@@H](C(=O)N2CCN(C(=O)CCCc3ccccc3)CC2)C1. The molecule has 2 atom stereocenters. The van der Waals surface area contributed by atoms with Gasteiger partial charge < -0.3 is 26.2 Å². The summed E-state index contributed by atoms with van der Waals surface area (Å²) >= 11 is 0. The molecule has 1 aromatic carbocycles. The van der Waals surface area contributed by atoms with Crippen molar-refractivity contribution in [2.75, 3.05) is 39.3 Å². The first-order valence-corrected chi connectivity index (χ1v) is 10.4. The summed E-state index contributed by atoms with van der Waals surface area (Å²) in [6.45, 7) is 2.80. The first kappa shape index (κ1) is 21.3. The third kappa shape index (κ3) is 6.01. The lowest BCUT2D eigenvalue weighted by molar-refractivity contribution is -0.140. The lowest BCUT2D eigenvalue weighted by Crippen LogP contribution is -2.54. The van der Waals surface area contributed by atoms with Crippen molar-refractivity contribution in [1.82, 2.24) is 20.4 Å². The van der Waals surface area contributed by atoms with Crippen molar-refractivity contribution < 1.29 is 14.4 Å². The normalized spacial score (nSPS) is 21.8. The Morgan fingerprint density at radius 3 is 2.45 bits per heavy atom. The van der Waals surface area contributed by atoms with Gasteiger partial charge in [-0.05, 0) is 24.8 Å². The molecule has 0 aromatic heterocycles. The van der Waals surface area contributed by atoms with E-state index in [2.05, 4.69) is 22.8 Å². The fraction of sp³-hybridized carbons (Fsp3) is 0.571. The molecule has 2 aliphatic rings. The lowest BCUT2D eigenvalue weighted by Gasteiger charge is -2.36. The Balaban J connectivity index is 1.37. The van der Waals surface area contributed by atoms with Crippen LogP contribution in [0.15, 0.2) is 30.3 Å². The fourth-order valence-electron chi connectivity index (χ4n) is 3.96. The molecular weight excluding hydrogens is 370 g/mol. The van der Waals surface area contributed by atoms with E-state index in [1.54, 1.807) is 0 Å². The lowest BCUT2D eigenvalue weighted by atomic mass is 10.1. The molecule has 4 N–H and O–H groups in total. The van der Waals surface area contributed by atoms with Crippen LogP contribution in [0.2, 0.25) is 0 Å². The van der Waals surface area contributed by atoms with Crippen molar-refractivity contribution in [3.05, 3.63) is 35.9 Å². The molecule has 2 fully saturated rings. The number of piperazine rings is 1. The van der Waals surface area contributed by atoms with Gasteiger partial charge in [0.25, 0.3) is 0 Å². The summed E-state index contributed by atoms with van der Waals surface area (Å²) in [6.07, 6.45) is 2.85. The van der Waals surface area contributed by atoms with Gasteiger partial charge in [0.15, 0.2) is 0 Å². The number of amides is 3. The number of hydrogen-bond donors (Lipinski definition) is 3. The van der Waals surface area contributed by atoms with E-state index in [4.69, 9.17) is 5.73 Å². The zero-order valence-corrected chi connectivity index (χ0v) is 16.8. The monoisotopic (exact) mass is 401 g/mol. The van der Waals surface area contributed by atoms with Crippen LogP contribution in [-0.2, 0) is 20.8 Å². The molecule has 2 aliphatic heterocycles. The molecule has 8 heteroatoms. The number of rotatable bonds is 7. The van der Waals surface area contributed by atoms with Gasteiger partial charge in [-0.1, -0.05) is 30.3 Å². The van der Waals surface area contributed by atoms with Crippen molar-refractivity contribution in [3.63, 3.8) is 0 Å². The van der Waals surface area contributed by atoms with E-state index in [1.165, 1.54) is 5.56 Å². The average Bonchev–Trinajstić information content (AvgIpc) is 3.22. The Hall–Kier alpha value is -2.45. The minimum absolute atomic E-state index is 0.0452. The summed E-state index contributed by atoms with van der Waals surface area (Å²) in [7, 11) is 0. The van der Waals surface area contributed by atoms with E-state index in [9.17, 15) is 14.4 Å². The van der Waals surface area contributed by atoms with Gasteiger partial charge in [0.05, 0.1) is 12.6 Å². The van der Waals surface area contributed by atoms with E-state index in [0.29, 0.717) is 45.6 Å². The van der Waals surface area contributed by atoms with E-state index in [0.717, 1.165) is 12.8 Å². The summed E-state index contributed by atoms with van der Waals surface area (Å²) < 4.78 is 0. The van der Waals surface area contributed by atoms with Gasteiger partial charge in [0.2, 0.25) is 17.7 Å². The predicted octanol–water partition coefficient (Wildman–Crippen LogP) is -0.514. The van der Waals surface area contributed by atoms with Crippen molar-refractivity contribution in [2.24, 2.45) is 5.73 Å². The highest BCUT2D eigenvalue weighted by Crippen LogP contribution is 2.13. The molecule has 3 amide bonds. The van der Waals surface area contributed by atoms with Crippen LogP contribution in [-0.4, -0.2) is 78.9 Å². The van der Waals surface area contributed by atoms with Gasteiger partial charge >= 0.3 is 0 Å². The molecule has 1 aromatic rings. The molecule has 0 aliphatic carbocycles. The van der Waals surface area contributed by atoms with Gasteiger partial charge in [0, 0.05) is 45.2 Å². The number of nitrogens with two attached hydrogens (primary N) is 1. The summed E-state index contributed by atoms with van der Waals surface area (Å²) in [5.41, 5.74) is 6.57. The van der Waals surface area contributed by atoms with Crippen LogP contribution in [0.25, 0.3) is 0 Å². The van der Waals surface area contributed by atoms with Gasteiger partial charge in [-0.3, -0.25) is 14.4 Å². The summed E-state index contributed by atoms with van der Waals surface area (Å²) in [6, 6.07) is 9.84. The van der Waals surface area contributed by atoms with E-state index >= 15 is 0 Å². The van der Waals surface area contributed by atoms with Crippen molar-refractivity contribution in [2.45, 2.75) is 37.8 Å². The number of carbonyl (C=O) groups excluding carboxylic acids is 3. The van der Waals surface area contributed by atoms with Crippen LogP contribution in [0.1, 0.15) is 24.8 Å². The van der Waals surface area contributed by atoms with Gasteiger partial charge in [0.1, 0.15) is 0 Å². The van der Waals surface area contributed by atoms with E-state index in [-0.39, 0.29) is 36.3 Å². The molecular formula is C21H31N5O3. The molecule has 0 spiro atoms. The highest BCUT2D eigenvalue weighted by Gasteiger charge is 2.34. The Morgan fingerprint density at radius 1 is 1.07 bits per heavy atom. The van der Waals surface area contributed by atoms with Crippen LogP contribution >= 0.6 is 0 Å². The quantitative estimate of drug-likeness (QED) is 0.570. The minimum Gasteiger partial charge on any atom is -0.351 e. The van der Waals surface area contributed by atoms with Gasteiger partial charge in [-0.2, -0.15) is 0 Å². The third-order valence-electron chi connectivity index (χ3n) is 5.62. The fourth-order valence-corrected chi connectivity index (χ4v) is 3.96. The number of benzene rings is 1. The smallest absolute Gasteiger partial charge is 0.239 e. The number of hydrogen-bond acceptors (Lipinski definition) is 5. The van der Waals surface area contributed by atoms with Crippen LogP contribution in [0.3, 0.4) is 0 Å². The van der Waals surface area contributed by atoms with Crippen LogP contribution < -0.4 is 16.4 Å². The number of aryl methyl sites for hydroxylation is 1. The van der Waals surface area contributed by atoms with Crippen LogP contribution in [0.4, 0.5) is 0 Å². The van der Waals surface area contributed by atoms with Gasteiger partial charge in [-0.25, -0.2) is 0 Å². The topological polar surface area (TPSA) is 108 Å². The number of nitrogens with one attached hydrogen (secondary N) is 2. The highest BCUT2D eigenvalue weighted by atomic mass is 16.2. The van der Waals surface area contributed by atoms with Crippen molar-refractivity contribution in [1.29, 1.82) is 0 Å². The van der Waals surface area contributed by atoms with E-state index in [1.807, 2.05) is 28.0 Å². The Bertz CT molecular complexity index is 704. The van der Waals surface area contributed by atoms with Crippen LogP contribution in [0, 0.1) is 0 Å². The Labute approximate surface area is 171 Å². The number of nitrogens with zero attached hydrogens (tertiary/aromatic N) is 2. The Kier molecular flexibility index (Phi) is 7.60. The van der Waals surface area contributed by atoms with Gasteiger partial charge in [-0.15, -0.1) is 0 Å². The average molecular weight is 402 g/mol. The van der Waals surface area contributed by atoms with Crippen molar-refractivity contribution in [3.8, 4) is 0 Å². The largest absolute Gasteiger partial charge is 0.351 e.